The van der Waals surface area contributed by atoms with Crippen LogP contribution in [0.3, 0.4) is 0 Å². The van der Waals surface area contributed by atoms with Crippen LogP contribution in [0.25, 0.3) is 11.1 Å². The molecule has 8 heteroatoms. The van der Waals surface area contributed by atoms with Gasteiger partial charge in [-0.25, -0.2) is 8.78 Å². The first kappa shape index (κ1) is 16.6. The predicted octanol–water partition coefficient (Wildman–Crippen LogP) is 2.08. The van der Waals surface area contributed by atoms with Crippen LogP contribution < -0.4 is 16.2 Å². The van der Waals surface area contributed by atoms with Crippen LogP contribution in [0.2, 0.25) is 0 Å². The molecule has 0 bridgehead atoms. The van der Waals surface area contributed by atoms with Crippen LogP contribution in [0.4, 0.5) is 8.78 Å². The van der Waals surface area contributed by atoms with Gasteiger partial charge in [0.1, 0.15) is 17.4 Å². The smallest absolute Gasteiger partial charge is 0.273 e. The van der Waals surface area contributed by atoms with E-state index in [1.54, 1.807) is 7.05 Å². The van der Waals surface area contributed by atoms with Crippen LogP contribution in [-0.2, 0) is 0 Å². The fourth-order valence-electron chi connectivity index (χ4n) is 1.85. The Kier molecular flexibility index (Phi) is 5.07. The monoisotopic (exact) mass is 337 g/mol. The van der Waals surface area contributed by atoms with Crippen LogP contribution in [0.15, 0.2) is 36.4 Å². The van der Waals surface area contributed by atoms with E-state index in [1.165, 1.54) is 24.3 Å². The molecule has 0 heterocycles. The summed E-state index contributed by atoms with van der Waals surface area (Å²) in [5.41, 5.74) is 5.05. The van der Waals surface area contributed by atoms with Gasteiger partial charge in [-0.05, 0) is 42.0 Å². The zero-order valence-corrected chi connectivity index (χ0v) is 12.8. The molecule has 120 valence electrons. The number of nitrogens with one attached hydrogen (secondary N) is 3. The van der Waals surface area contributed by atoms with Crippen LogP contribution in [0, 0.1) is 11.6 Å². The minimum Gasteiger partial charge on any atom is -0.507 e. The third-order valence-electron chi connectivity index (χ3n) is 3.00. The molecule has 0 aromatic heterocycles. The van der Waals surface area contributed by atoms with Crippen molar-refractivity contribution in [2.75, 3.05) is 7.05 Å². The highest BCUT2D eigenvalue weighted by Gasteiger charge is 2.14. The van der Waals surface area contributed by atoms with Gasteiger partial charge in [0, 0.05) is 18.7 Å². The van der Waals surface area contributed by atoms with E-state index in [1.807, 2.05) is 0 Å². The molecule has 0 saturated carbocycles. The Morgan fingerprint density at radius 3 is 2.52 bits per heavy atom. The molecule has 0 radical (unpaired) electrons. The number of rotatable bonds is 2. The number of carbonyl (C=O) groups is 1. The predicted molar refractivity (Wildman–Crippen MR) is 85.7 cm³/mol. The summed E-state index contributed by atoms with van der Waals surface area (Å²) in [6.07, 6.45) is 0. The van der Waals surface area contributed by atoms with Gasteiger partial charge < -0.3 is 10.4 Å². The summed E-state index contributed by atoms with van der Waals surface area (Å²) in [5, 5.41) is 12.6. The summed E-state index contributed by atoms with van der Waals surface area (Å²) in [7, 11) is 1.57. The van der Waals surface area contributed by atoms with Gasteiger partial charge in [0.05, 0.1) is 5.56 Å². The zero-order valence-electron chi connectivity index (χ0n) is 12.0. The molecule has 0 fully saturated rings. The summed E-state index contributed by atoms with van der Waals surface area (Å²) in [6.45, 7) is 0. The Hall–Kier alpha value is -2.74. The molecule has 1 amide bonds. The zero-order chi connectivity index (χ0) is 17.0. The van der Waals surface area contributed by atoms with Gasteiger partial charge in [-0.1, -0.05) is 6.07 Å². The maximum absolute atomic E-state index is 13.8. The molecule has 0 unspecified atom stereocenters. The van der Waals surface area contributed by atoms with E-state index in [-0.39, 0.29) is 22.0 Å². The molecular weight excluding hydrogens is 324 g/mol. The van der Waals surface area contributed by atoms with E-state index in [9.17, 15) is 18.7 Å². The van der Waals surface area contributed by atoms with Gasteiger partial charge in [-0.2, -0.15) is 0 Å². The van der Waals surface area contributed by atoms with Gasteiger partial charge in [0.25, 0.3) is 5.91 Å². The number of amides is 1. The number of hydrazine groups is 1. The lowest BCUT2D eigenvalue weighted by molar-refractivity contribution is 0.0941. The van der Waals surface area contributed by atoms with Crippen molar-refractivity contribution in [1.29, 1.82) is 0 Å². The maximum Gasteiger partial charge on any atom is 0.273 e. The van der Waals surface area contributed by atoms with Crippen molar-refractivity contribution < 1.29 is 18.7 Å². The molecule has 2 rings (SSSR count). The van der Waals surface area contributed by atoms with Gasteiger partial charge in [0.2, 0.25) is 0 Å². The average Bonchev–Trinajstić information content (AvgIpc) is 2.53. The van der Waals surface area contributed by atoms with Crippen molar-refractivity contribution in [2.24, 2.45) is 0 Å². The standard InChI is InChI=1S/C15H13F2N3O2S/c1-18-15(23)20-19-14(22)11-6-8(2-5-13(11)21)10-4-3-9(16)7-12(10)17/h2-7,21H,1H3,(H,19,22)(H2,18,20,23). The number of benzene rings is 2. The van der Waals surface area contributed by atoms with Gasteiger partial charge in [0.15, 0.2) is 5.11 Å². The molecule has 0 saturated heterocycles. The average molecular weight is 337 g/mol. The largest absolute Gasteiger partial charge is 0.507 e. The van der Waals surface area contributed by atoms with Crippen LogP contribution >= 0.6 is 12.2 Å². The van der Waals surface area contributed by atoms with E-state index < -0.39 is 17.5 Å². The summed E-state index contributed by atoms with van der Waals surface area (Å²) in [6, 6.07) is 7.09. The summed E-state index contributed by atoms with van der Waals surface area (Å²) >= 11 is 4.80. The second-order valence-electron chi connectivity index (χ2n) is 4.51. The molecule has 23 heavy (non-hydrogen) atoms. The topological polar surface area (TPSA) is 73.4 Å². The summed E-state index contributed by atoms with van der Waals surface area (Å²) in [5.74, 6) is -2.42. The summed E-state index contributed by atoms with van der Waals surface area (Å²) < 4.78 is 26.8. The quantitative estimate of drug-likeness (QED) is 0.499. The minimum atomic E-state index is -0.767. The molecule has 2 aromatic rings. The third kappa shape index (κ3) is 3.92. The number of aromatic hydroxyl groups is 1. The summed E-state index contributed by atoms with van der Waals surface area (Å²) in [4.78, 5) is 12.0. The molecule has 0 atom stereocenters. The van der Waals surface area contributed by atoms with Crippen molar-refractivity contribution in [3.8, 4) is 16.9 Å². The molecule has 0 aliphatic carbocycles. The Morgan fingerprint density at radius 2 is 1.87 bits per heavy atom. The fourth-order valence-corrected chi connectivity index (χ4v) is 1.90. The molecule has 5 nitrogen and oxygen atoms in total. The highest BCUT2D eigenvalue weighted by atomic mass is 32.1. The number of halogens is 2. The lowest BCUT2D eigenvalue weighted by atomic mass is 10.0. The van der Waals surface area contributed by atoms with Crippen molar-refractivity contribution >= 4 is 23.2 Å². The second kappa shape index (κ2) is 7.01. The number of hydrogen-bond acceptors (Lipinski definition) is 3. The third-order valence-corrected chi connectivity index (χ3v) is 3.31. The van der Waals surface area contributed by atoms with E-state index in [0.717, 1.165) is 12.1 Å². The van der Waals surface area contributed by atoms with Crippen molar-refractivity contribution in [2.45, 2.75) is 0 Å². The molecule has 4 N–H and O–H groups in total. The lowest BCUT2D eigenvalue weighted by Crippen LogP contribution is -2.45. The highest BCUT2D eigenvalue weighted by Crippen LogP contribution is 2.28. The van der Waals surface area contributed by atoms with Crippen LogP contribution in [-0.4, -0.2) is 23.2 Å². The maximum atomic E-state index is 13.8. The lowest BCUT2D eigenvalue weighted by Gasteiger charge is -2.11. The SMILES string of the molecule is CNC(=S)NNC(=O)c1cc(-c2ccc(F)cc2F)ccc1O. The van der Waals surface area contributed by atoms with Crippen molar-refractivity contribution in [1.82, 2.24) is 16.2 Å². The van der Waals surface area contributed by atoms with Crippen molar-refractivity contribution in [3.05, 3.63) is 53.6 Å². The number of carbonyl (C=O) groups excluding carboxylic acids is 1. The Bertz CT molecular complexity index is 768. The van der Waals surface area contributed by atoms with Gasteiger partial charge in [-0.3, -0.25) is 15.6 Å². The first-order valence-electron chi connectivity index (χ1n) is 6.49. The van der Waals surface area contributed by atoms with Gasteiger partial charge >= 0.3 is 0 Å². The number of hydrogen-bond donors (Lipinski definition) is 4. The highest BCUT2D eigenvalue weighted by molar-refractivity contribution is 7.80. The number of thiocarbonyl (C=S) groups is 1. The van der Waals surface area contributed by atoms with Crippen LogP contribution in [0.5, 0.6) is 5.75 Å². The fraction of sp³-hybridized carbons (Fsp3) is 0.0667. The Labute approximate surface area is 136 Å². The van der Waals surface area contributed by atoms with E-state index in [0.29, 0.717) is 5.56 Å². The molecular formula is C15H13F2N3O2S. The Morgan fingerprint density at radius 1 is 1.13 bits per heavy atom. The molecule has 0 aliphatic heterocycles. The first-order valence-corrected chi connectivity index (χ1v) is 6.89. The minimum absolute atomic E-state index is 0.0855. The normalized spacial score (nSPS) is 10.0. The van der Waals surface area contributed by atoms with Gasteiger partial charge in [-0.15, -0.1) is 0 Å². The first-order chi connectivity index (χ1) is 10.9. The van der Waals surface area contributed by atoms with Crippen LogP contribution in [0.1, 0.15) is 10.4 Å². The van der Waals surface area contributed by atoms with E-state index in [2.05, 4.69) is 16.2 Å². The second-order valence-corrected chi connectivity index (χ2v) is 4.92. The van der Waals surface area contributed by atoms with Crippen molar-refractivity contribution in [3.63, 3.8) is 0 Å². The number of phenolic OH excluding ortho intramolecular Hbond substituents is 1. The number of phenols is 1. The molecule has 0 spiro atoms. The molecule has 2 aromatic carbocycles. The van der Waals surface area contributed by atoms with E-state index in [4.69, 9.17) is 12.2 Å². The Balaban J connectivity index is 2.32. The van der Waals surface area contributed by atoms with E-state index >= 15 is 0 Å². The molecule has 0 aliphatic rings.